The van der Waals surface area contributed by atoms with Crippen molar-refractivity contribution in [3.63, 3.8) is 0 Å². The number of fused-ring (bicyclic) bond motifs is 2. The Morgan fingerprint density at radius 3 is 2.41 bits per heavy atom. The van der Waals surface area contributed by atoms with Crippen LogP contribution in [0.25, 0.3) is 0 Å². The molecule has 0 spiro atoms. The molecule has 0 aliphatic heterocycles. The molecule has 0 unspecified atom stereocenters. The van der Waals surface area contributed by atoms with Crippen molar-refractivity contribution in [2.45, 2.75) is 51.4 Å². The number of carbonyl (C=O) groups is 2. The molecule has 27 heavy (non-hydrogen) atoms. The van der Waals surface area contributed by atoms with Gasteiger partial charge in [-0.25, -0.2) is 0 Å². The Bertz CT molecular complexity index is 819. The molecule has 3 rings (SSSR count). The number of Topliss-reactive ketones (excluding diaryl/α,β-unsaturated/α-hetero) is 2. The average Bonchev–Trinajstić information content (AvgIpc) is 2.57. The largest absolute Gasteiger partial charge is 0.507 e. The fraction of sp³-hybridized carbons (Fsp3) is 0.524. The second-order valence-electron chi connectivity index (χ2n) is 8.94. The van der Waals surface area contributed by atoms with E-state index in [1.807, 2.05) is 12.2 Å². The van der Waals surface area contributed by atoms with Crippen LogP contribution in [0.15, 0.2) is 24.3 Å². The lowest BCUT2D eigenvalue weighted by atomic mass is 9.68. The first-order valence-corrected chi connectivity index (χ1v) is 12.2. The number of hydrogen-bond donors (Lipinski definition) is 1. The van der Waals surface area contributed by atoms with Gasteiger partial charge in [0.1, 0.15) is 11.5 Å². The summed E-state index contributed by atoms with van der Waals surface area (Å²) in [5.41, 5.74) is 0.348. The number of phenolic OH excluding ortho intramolecular Hbond substituents is 1. The minimum absolute atomic E-state index is 0.00506. The average molecular weight is 389 g/mol. The highest BCUT2D eigenvalue weighted by molar-refractivity contribution is 6.74. The van der Waals surface area contributed by atoms with Crippen LogP contribution >= 0.6 is 0 Å². The topological polar surface area (TPSA) is 72.8 Å². The van der Waals surface area contributed by atoms with E-state index in [1.165, 1.54) is 13.2 Å². The molecule has 0 aromatic heterocycles. The van der Waals surface area contributed by atoms with Crippen molar-refractivity contribution in [1.82, 2.24) is 0 Å². The van der Waals surface area contributed by atoms with Crippen molar-refractivity contribution in [2.75, 3.05) is 7.11 Å². The zero-order valence-corrected chi connectivity index (χ0v) is 17.8. The molecule has 3 atom stereocenters. The van der Waals surface area contributed by atoms with Crippen LogP contribution in [-0.2, 0) is 4.43 Å². The SMILES string of the molecule is COc1cc(O)c2c(c1)C(=O)[C@H]1[C@H](CC=C[C@H]1O[Si](C)(C)C(C)(C)C)C2=O. The molecule has 0 saturated carbocycles. The van der Waals surface area contributed by atoms with E-state index < -0.39 is 26.3 Å². The summed E-state index contributed by atoms with van der Waals surface area (Å²) in [4.78, 5) is 26.4. The lowest BCUT2D eigenvalue weighted by Crippen LogP contribution is -2.51. The third-order valence-corrected chi connectivity index (χ3v) is 10.7. The van der Waals surface area contributed by atoms with Crippen molar-refractivity contribution in [2.24, 2.45) is 11.8 Å². The molecule has 6 heteroatoms. The van der Waals surface area contributed by atoms with Gasteiger partial charge in [0, 0.05) is 17.5 Å². The highest BCUT2D eigenvalue weighted by Gasteiger charge is 2.50. The predicted molar refractivity (Wildman–Crippen MR) is 106 cm³/mol. The van der Waals surface area contributed by atoms with Gasteiger partial charge in [0.15, 0.2) is 19.9 Å². The van der Waals surface area contributed by atoms with Gasteiger partial charge >= 0.3 is 0 Å². The predicted octanol–water partition coefficient (Wildman–Crippen LogP) is 4.36. The molecule has 0 bridgehead atoms. The number of methoxy groups -OCH3 is 1. The quantitative estimate of drug-likeness (QED) is 0.615. The van der Waals surface area contributed by atoms with E-state index in [0.29, 0.717) is 12.2 Å². The van der Waals surface area contributed by atoms with Crippen LogP contribution in [0.1, 0.15) is 47.9 Å². The van der Waals surface area contributed by atoms with Gasteiger partial charge in [-0.3, -0.25) is 9.59 Å². The number of aromatic hydroxyl groups is 1. The maximum absolute atomic E-state index is 13.3. The highest BCUT2D eigenvalue weighted by atomic mass is 28.4. The van der Waals surface area contributed by atoms with Gasteiger partial charge in [0.25, 0.3) is 0 Å². The Kier molecular flexibility index (Phi) is 4.85. The van der Waals surface area contributed by atoms with Crippen molar-refractivity contribution in [3.8, 4) is 11.5 Å². The van der Waals surface area contributed by atoms with Gasteiger partial charge < -0.3 is 14.3 Å². The molecule has 1 N–H and O–H groups in total. The van der Waals surface area contributed by atoms with Crippen LogP contribution in [-0.4, -0.2) is 38.2 Å². The maximum atomic E-state index is 13.3. The number of benzene rings is 1. The van der Waals surface area contributed by atoms with E-state index >= 15 is 0 Å². The maximum Gasteiger partial charge on any atom is 0.192 e. The first-order valence-electron chi connectivity index (χ1n) is 9.32. The molecule has 0 heterocycles. The molecular weight excluding hydrogens is 360 g/mol. The summed E-state index contributed by atoms with van der Waals surface area (Å²) in [6, 6.07) is 2.93. The Hall–Kier alpha value is -1.92. The van der Waals surface area contributed by atoms with Crippen LogP contribution in [0, 0.1) is 11.8 Å². The Morgan fingerprint density at radius 1 is 1.15 bits per heavy atom. The van der Waals surface area contributed by atoms with E-state index in [1.54, 1.807) is 6.07 Å². The Morgan fingerprint density at radius 2 is 1.81 bits per heavy atom. The lowest BCUT2D eigenvalue weighted by Gasteiger charge is -2.44. The lowest BCUT2D eigenvalue weighted by molar-refractivity contribution is 0.0544. The molecule has 0 fully saturated rings. The first-order chi connectivity index (χ1) is 12.5. The second kappa shape index (κ2) is 6.60. The third-order valence-electron chi connectivity index (χ3n) is 6.22. The normalized spacial score (nSPS) is 25.2. The van der Waals surface area contributed by atoms with Crippen LogP contribution in [0.3, 0.4) is 0 Å². The Labute approximate surface area is 161 Å². The van der Waals surface area contributed by atoms with Crippen molar-refractivity contribution in [1.29, 1.82) is 0 Å². The monoisotopic (exact) mass is 388 g/mol. The molecule has 5 nitrogen and oxygen atoms in total. The number of rotatable bonds is 3. The molecule has 0 amide bonds. The van der Waals surface area contributed by atoms with Crippen LogP contribution in [0.2, 0.25) is 18.1 Å². The number of phenols is 1. The highest BCUT2D eigenvalue weighted by Crippen LogP contribution is 2.45. The summed E-state index contributed by atoms with van der Waals surface area (Å²) in [7, 11) is -0.665. The number of allylic oxidation sites excluding steroid dienone is 1. The van der Waals surface area contributed by atoms with Crippen molar-refractivity contribution < 1.29 is 23.9 Å². The molecular formula is C21H28O5Si. The molecule has 0 radical (unpaired) electrons. The second-order valence-corrected chi connectivity index (χ2v) is 13.7. The smallest absolute Gasteiger partial charge is 0.192 e. The van der Waals surface area contributed by atoms with Gasteiger partial charge in [0.2, 0.25) is 0 Å². The number of carbonyl (C=O) groups excluding carboxylic acids is 2. The minimum atomic E-state index is -2.13. The van der Waals surface area contributed by atoms with Gasteiger partial charge in [-0.15, -0.1) is 0 Å². The number of hydrogen-bond acceptors (Lipinski definition) is 5. The van der Waals surface area contributed by atoms with Gasteiger partial charge in [0.05, 0.1) is 24.7 Å². The number of ether oxygens (including phenoxy) is 1. The Balaban J connectivity index is 2.05. The summed E-state index contributed by atoms with van der Waals surface area (Å²) in [5, 5.41) is 10.3. The molecule has 1 aromatic carbocycles. The van der Waals surface area contributed by atoms with Gasteiger partial charge in [-0.1, -0.05) is 32.9 Å². The number of ketones is 2. The van der Waals surface area contributed by atoms with Crippen LogP contribution in [0.4, 0.5) is 0 Å². The first kappa shape index (κ1) is 19.8. The molecule has 2 aliphatic carbocycles. The molecule has 146 valence electrons. The fourth-order valence-corrected chi connectivity index (χ4v) is 4.88. The summed E-state index contributed by atoms with van der Waals surface area (Å²) in [6.45, 7) is 10.7. The summed E-state index contributed by atoms with van der Waals surface area (Å²) in [5.74, 6) is -1.24. The summed E-state index contributed by atoms with van der Waals surface area (Å²) < 4.78 is 11.7. The molecule has 2 aliphatic rings. The molecule has 0 saturated heterocycles. The van der Waals surface area contributed by atoms with E-state index in [-0.39, 0.29) is 33.5 Å². The van der Waals surface area contributed by atoms with E-state index in [2.05, 4.69) is 33.9 Å². The zero-order valence-electron chi connectivity index (χ0n) is 16.8. The summed E-state index contributed by atoms with van der Waals surface area (Å²) >= 11 is 0. The minimum Gasteiger partial charge on any atom is -0.507 e. The fourth-order valence-electron chi connectivity index (χ4n) is 3.62. The van der Waals surface area contributed by atoms with Crippen molar-refractivity contribution in [3.05, 3.63) is 35.4 Å². The summed E-state index contributed by atoms with van der Waals surface area (Å²) in [6.07, 6.45) is 3.91. The zero-order chi connectivity index (χ0) is 20.1. The van der Waals surface area contributed by atoms with Gasteiger partial charge in [-0.2, -0.15) is 0 Å². The van der Waals surface area contributed by atoms with E-state index in [0.717, 1.165) is 0 Å². The third kappa shape index (κ3) is 3.25. The van der Waals surface area contributed by atoms with Crippen LogP contribution < -0.4 is 4.74 Å². The van der Waals surface area contributed by atoms with Gasteiger partial charge in [-0.05, 0) is 30.6 Å². The van der Waals surface area contributed by atoms with E-state index in [4.69, 9.17) is 9.16 Å². The van der Waals surface area contributed by atoms with Crippen LogP contribution in [0.5, 0.6) is 11.5 Å². The molecule has 1 aromatic rings. The van der Waals surface area contributed by atoms with Crippen molar-refractivity contribution >= 4 is 19.9 Å². The standard InChI is InChI=1S/C21H28O5Si/c1-21(2,3)27(5,6)26-16-9-7-8-13-18(16)20(24)14-10-12(25-4)11-15(22)17(14)19(13)23/h7,9-11,13,16,18,22H,8H2,1-6H3/t13-,16+,18-/m0/s1. The van der Waals surface area contributed by atoms with E-state index in [9.17, 15) is 14.7 Å².